The molecule has 0 aliphatic carbocycles. The molecule has 144 valence electrons. The summed E-state index contributed by atoms with van der Waals surface area (Å²) >= 11 is 3.03. The largest absolute Gasteiger partial charge is 0.497 e. The summed E-state index contributed by atoms with van der Waals surface area (Å²) in [4.78, 5) is 14.6. The minimum Gasteiger partial charge on any atom is -0.497 e. The Morgan fingerprint density at radius 3 is 2.89 bits per heavy atom. The Balaban J connectivity index is 1.66. The molecule has 0 unspecified atom stereocenters. The molecule has 28 heavy (non-hydrogen) atoms. The molecule has 3 aromatic heterocycles. The number of carbonyl (C=O) groups excluding carboxylic acids is 1. The van der Waals surface area contributed by atoms with E-state index in [1.165, 1.54) is 11.3 Å². The van der Waals surface area contributed by atoms with Crippen LogP contribution in [0.1, 0.15) is 15.2 Å². The van der Waals surface area contributed by atoms with E-state index >= 15 is 0 Å². The molecule has 6 nitrogen and oxygen atoms in total. The SMILES string of the molecule is COc1ccc2sc(C(=O)Nc3cc(-c4cccs4)nn3CCO)c(C)c2c1. The van der Waals surface area contributed by atoms with Crippen molar-refractivity contribution in [1.82, 2.24) is 9.78 Å². The van der Waals surface area contributed by atoms with Crippen LogP contribution in [0.2, 0.25) is 0 Å². The summed E-state index contributed by atoms with van der Waals surface area (Å²) in [6, 6.07) is 11.6. The van der Waals surface area contributed by atoms with Crippen molar-refractivity contribution >= 4 is 44.5 Å². The molecule has 4 rings (SSSR count). The molecule has 0 radical (unpaired) electrons. The highest BCUT2D eigenvalue weighted by atomic mass is 32.1. The number of methoxy groups -OCH3 is 1. The lowest BCUT2D eigenvalue weighted by Crippen LogP contribution is -2.16. The number of aliphatic hydroxyl groups excluding tert-OH is 1. The van der Waals surface area contributed by atoms with Gasteiger partial charge in [0.15, 0.2) is 0 Å². The maximum atomic E-state index is 13.0. The number of anilines is 1. The van der Waals surface area contributed by atoms with Crippen LogP contribution in [0.15, 0.2) is 41.8 Å². The number of benzene rings is 1. The van der Waals surface area contributed by atoms with Crippen LogP contribution in [-0.2, 0) is 6.54 Å². The molecule has 0 bridgehead atoms. The first kappa shape index (κ1) is 18.7. The van der Waals surface area contributed by atoms with E-state index < -0.39 is 0 Å². The predicted octanol–water partition coefficient (Wildman–Crippen LogP) is 4.39. The van der Waals surface area contributed by atoms with Crippen LogP contribution in [0.3, 0.4) is 0 Å². The van der Waals surface area contributed by atoms with Crippen molar-refractivity contribution in [2.75, 3.05) is 19.0 Å². The summed E-state index contributed by atoms with van der Waals surface area (Å²) in [5.74, 6) is 1.15. The standard InChI is InChI=1S/C20H19N3O3S2/c1-12-14-10-13(26-2)5-6-16(14)28-19(12)20(25)21-18-11-15(17-4-3-9-27-17)22-23(18)7-8-24/h3-6,9-11,24H,7-8H2,1-2H3,(H,21,25). The topological polar surface area (TPSA) is 76.4 Å². The Bertz CT molecular complexity index is 1130. The summed E-state index contributed by atoms with van der Waals surface area (Å²) in [6.07, 6.45) is 0. The minimum absolute atomic E-state index is 0.0594. The number of nitrogens with zero attached hydrogens (tertiary/aromatic N) is 2. The number of amides is 1. The predicted molar refractivity (Wildman–Crippen MR) is 114 cm³/mol. The van der Waals surface area contributed by atoms with Gasteiger partial charge in [-0.05, 0) is 47.5 Å². The number of thiophene rings is 2. The Morgan fingerprint density at radius 1 is 1.32 bits per heavy atom. The van der Waals surface area contributed by atoms with Crippen molar-refractivity contribution in [3.63, 3.8) is 0 Å². The molecule has 3 heterocycles. The molecule has 0 aliphatic rings. The fraction of sp³-hybridized carbons (Fsp3) is 0.200. The van der Waals surface area contributed by atoms with Crippen molar-refractivity contribution < 1.29 is 14.6 Å². The minimum atomic E-state index is -0.186. The molecule has 0 atom stereocenters. The van der Waals surface area contributed by atoms with Crippen molar-refractivity contribution in [2.24, 2.45) is 0 Å². The van der Waals surface area contributed by atoms with Crippen molar-refractivity contribution in [2.45, 2.75) is 13.5 Å². The Labute approximate surface area is 170 Å². The summed E-state index contributed by atoms with van der Waals surface area (Å²) in [5, 5.41) is 19.8. The molecule has 0 saturated carbocycles. The lowest BCUT2D eigenvalue weighted by molar-refractivity contribution is 0.102. The summed E-state index contributed by atoms with van der Waals surface area (Å²) in [7, 11) is 1.63. The third-order valence-corrected chi connectivity index (χ3v) is 6.62. The highest BCUT2D eigenvalue weighted by Crippen LogP contribution is 2.34. The van der Waals surface area contributed by atoms with Crippen molar-refractivity contribution in [3.05, 3.63) is 52.2 Å². The van der Waals surface area contributed by atoms with Gasteiger partial charge in [-0.15, -0.1) is 22.7 Å². The highest BCUT2D eigenvalue weighted by Gasteiger charge is 2.19. The van der Waals surface area contributed by atoms with Crippen molar-refractivity contribution in [1.29, 1.82) is 0 Å². The van der Waals surface area contributed by atoms with E-state index in [0.29, 0.717) is 17.2 Å². The zero-order valence-electron chi connectivity index (χ0n) is 15.4. The number of ether oxygens (including phenoxy) is 1. The third kappa shape index (κ3) is 3.42. The Kier molecular flexibility index (Phi) is 5.17. The van der Waals surface area contributed by atoms with Gasteiger partial charge in [0.25, 0.3) is 5.91 Å². The van der Waals surface area contributed by atoms with E-state index in [-0.39, 0.29) is 12.5 Å². The van der Waals surface area contributed by atoms with Crippen LogP contribution in [0, 0.1) is 6.92 Å². The molecule has 0 aliphatic heterocycles. The molecule has 1 amide bonds. The van der Waals surface area contributed by atoms with Gasteiger partial charge in [-0.3, -0.25) is 4.79 Å². The normalized spacial score (nSPS) is 11.1. The smallest absolute Gasteiger partial charge is 0.267 e. The molecule has 2 N–H and O–H groups in total. The fourth-order valence-electron chi connectivity index (χ4n) is 3.04. The quantitative estimate of drug-likeness (QED) is 0.492. The lowest BCUT2D eigenvalue weighted by Gasteiger charge is -2.07. The van der Waals surface area contributed by atoms with Crippen LogP contribution in [0.25, 0.3) is 20.7 Å². The molecule has 8 heteroatoms. The van der Waals surface area contributed by atoms with Gasteiger partial charge in [-0.1, -0.05) is 6.07 Å². The number of hydrogen-bond donors (Lipinski definition) is 2. The van der Waals surface area contributed by atoms with E-state index in [4.69, 9.17) is 4.74 Å². The highest BCUT2D eigenvalue weighted by molar-refractivity contribution is 7.21. The van der Waals surface area contributed by atoms with Crippen LogP contribution >= 0.6 is 22.7 Å². The van der Waals surface area contributed by atoms with E-state index in [1.54, 1.807) is 23.1 Å². The van der Waals surface area contributed by atoms with Gasteiger partial charge >= 0.3 is 0 Å². The number of hydrogen-bond acceptors (Lipinski definition) is 6. The first-order valence-electron chi connectivity index (χ1n) is 8.71. The van der Waals surface area contributed by atoms with E-state index in [1.807, 2.05) is 48.7 Å². The first-order valence-corrected chi connectivity index (χ1v) is 10.4. The van der Waals surface area contributed by atoms with E-state index in [0.717, 1.165) is 32.0 Å². The van der Waals surface area contributed by atoms with Gasteiger partial charge < -0.3 is 15.2 Å². The van der Waals surface area contributed by atoms with Gasteiger partial charge in [0.2, 0.25) is 0 Å². The summed E-state index contributed by atoms with van der Waals surface area (Å²) in [6.45, 7) is 2.19. The third-order valence-electron chi connectivity index (χ3n) is 4.46. The van der Waals surface area contributed by atoms with Gasteiger partial charge in [0.05, 0.1) is 30.0 Å². The van der Waals surface area contributed by atoms with Gasteiger partial charge in [0.1, 0.15) is 17.3 Å². The molecule has 4 aromatic rings. The number of fused-ring (bicyclic) bond motifs is 1. The monoisotopic (exact) mass is 413 g/mol. The molecule has 0 fully saturated rings. The molecule has 0 spiro atoms. The van der Waals surface area contributed by atoms with E-state index in [2.05, 4.69) is 10.4 Å². The molecule has 1 aromatic carbocycles. The second kappa shape index (κ2) is 7.75. The second-order valence-corrected chi connectivity index (χ2v) is 8.21. The number of carbonyl (C=O) groups is 1. The van der Waals surface area contributed by atoms with Crippen molar-refractivity contribution in [3.8, 4) is 16.3 Å². The summed E-state index contributed by atoms with van der Waals surface area (Å²) < 4.78 is 7.95. The maximum absolute atomic E-state index is 13.0. The molecular weight excluding hydrogens is 394 g/mol. The number of rotatable bonds is 6. The van der Waals surface area contributed by atoms with Crippen LogP contribution in [0.5, 0.6) is 5.75 Å². The Hall–Kier alpha value is -2.68. The van der Waals surface area contributed by atoms with E-state index in [9.17, 15) is 9.90 Å². The fourth-order valence-corrected chi connectivity index (χ4v) is 4.81. The molecule has 0 saturated heterocycles. The average Bonchev–Trinajstić information content (AvgIpc) is 3.42. The zero-order chi connectivity index (χ0) is 19.7. The Morgan fingerprint density at radius 2 is 2.18 bits per heavy atom. The summed E-state index contributed by atoms with van der Waals surface area (Å²) in [5.41, 5.74) is 1.69. The van der Waals surface area contributed by atoms with Crippen LogP contribution in [-0.4, -0.2) is 34.5 Å². The van der Waals surface area contributed by atoms with Gasteiger partial charge in [-0.25, -0.2) is 4.68 Å². The van der Waals surface area contributed by atoms with Gasteiger partial charge in [0, 0.05) is 10.8 Å². The number of aliphatic hydroxyl groups is 1. The van der Waals surface area contributed by atoms with Crippen LogP contribution in [0.4, 0.5) is 5.82 Å². The second-order valence-electron chi connectivity index (χ2n) is 6.21. The number of aromatic nitrogens is 2. The first-order chi connectivity index (χ1) is 13.6. The van der Waals surface area contributed by atoms with Gasteiger partial charge in [-0.2, -0.15) is 5.10 Å². The maximum Gasteiger partial charge on any atom is 0.267 e. The zero-order valence-corrected chi connectivity index (χ0v) is 17.1. The lowest BCUT2D eigenvalue weighted by atomic mass is 10.1. The number of nitrogens with one attached hydrogen (secondary N) is 1. The molecular formula is C20H19N3O3S2. The number of aryl methyl sites for hydroxylation is 1. The van der Waals surface area contributed by atoms with Crippen LogP contribution < -0.4 is 10.1 Å². The average molecular weight is 414 g/mol.